The smallest absolute Gasteiger partial charge is 0.325 e. The molecule has 8 heteroatoms. The first kappa shape index (κ1) is 17.0. The lowest BCUT2D eigenvalue weighted by Gasteiger charge is -2.22. The van der Waals surface area contributed by atoms with Crippen molar-refractivity contribution in [3.05, 3.63) is 22.4 Å². The number of esters is 1. The first-order valence-electron chi connectivity index (χ1n) is 7.14. The van der Waals surface area contributed by atoms with Gasteiger partial charge < -0.3 is 15.4 Å². The zero-order valence-electron chi connectivity index (χ0n) is 12.6. The summed E-state index contributed by atoms with van der Waals surface area (Å²) in [4.78, 5) is 35.4. The standard InChI is InChI=1S/C15H17N3O4S/c1-15(9-16,10-4-5-10)18-12(19)8-22-13(20)7-17-14(21)11-3-2-6-23-11/h2-3,6,10H,4-5,7-8H2,1H3,(H,17,21)(H,18,19)/t15-/m1/s1. The van der Waals surface area contributed by atoms with Crippen molar-refractivity contribution >= 4 is 29.1 Å². The van der Waals surface area contributed by atoms with Gasteiger partial charge in [0.15, 0.2) is 6.61 Å². The minimum Gasteiger partial charge on any atom is -0.454 e. The van der Waals surface area contributed by atoms with Crippen LogP contribution < -0.4 is 10.6 Å². The zero-order chi connectivity index (χ0) is 16.9. The highest BCUT2D eigenvalue weighted by atomic mass is 32.1. The molecule has 0 radical (unpaired) electrons. The van der Waals surface area contributed by atoms with Crippen LogP contribution >= 0.6 is 11.3 Å². The number of rotatable bonds is 7. The zero-order valence-corrected chi connectivity index (χ0v) is 13.4. The summed E-state index contributed by atoms with van der Waals surface area (Å²) in [5.74, 6) is -1.46. The van der Waals surface area contributed by atoms with Crippen LogP contribution in [-0.2, 0) is 14.3 Å². The van der Waals surface area contributed by atoms with Crippen LogP contribution in [0, 0.1) is 17.2 Å². The summed E-state index contributed by atoms with van der Waals surface area (Å²) in [6, 6.07) is 5.46. The molecule has 2 rings (SSSR count). The summed E-state index contributed by atoms with van der Waals surface area (Å²) in [5, 5.41) is 15.9. The van der Waals surface area contributed by atoms with Crippen molar-refractivity contribution in [2.45, 2.75) is 25.3 Å². The average Bonchev–Trinajstić information content (AvgIpc) is 3.26. The minimum atomic E-state index is -0.920. The van der Waals surface area contributed by atoms with Crippen LogP contribution in [-0.4, -0.2) is 36.5 Å². The van der Waals surface area contributed by atoms with Crippen molar-refractivity contribution in [2.75, 3.05) is 13.2 Å². The van der Waals surface area contributed by atoms with E-state index >= 15 is 0 Å². The fourth-order valence-corrected chi connectivity index (χ4v) is 2.69. The topological polar surface area (TPSA) is 108 Å². The quantitative estimate of drug-likeness (QED) is 0.718. The van der Waals surface area contributed by atoms with Crippen LogP contribution in [0.4, 0.5) is 0 Å². The van der Waals surface area contributed by atoms with Gasteiger partial charge in [-0.25, -0.2) is 0 Å². The number of hydrogen-bond acceptors (Lipinski definition) is 6. The third-order valence-electron chi connectivity index (χ3n) is 3.53. The molecule has 1 aromatic heterocycles. The summed E-state index contributed by atoms with van der Waals surface area (Å²) >= 11 is 1.26. The number of nitrogens with one attached hydrogen (secondary N) is 2. The number of nitrogens with zero attached hydrogens (tertiary/aromatic N) is 1. The van der Waals surface area contributed by atoms with Gasteiger partial charge in [-0.2, -0.15) is 5.26 Å². The SMILES string of the molecule is C[C@](C#N)(NC(=O)COC(=O)CNC(=O)c1cccs1)C1CC1. The normalized spacial score (nSPS) is 15.8. The molecule has 23 heavy (non-hydrogen) atoms. The number of ether oxygens (including phenoxy) is 1. The molecular formula is C15H17N3O4S. The molecule has 1 aromatic rings. The predicted molar refractivity (Wildman–Crippen MR) is 82.5 cm³/mol. The van der Waals surface area contributed by atoms with Gasteiger partial charge in [0.1, 0.15) is 12.1 Å². The number of hydrogen-bond donors (Lipinski definition) is 2. The molecule has 0 bridgehead atoms. The molecule has 1 saturated carbocycles. The summed E-state index contributed by atoms with van der Waals surface area (Å²) < 4.78 is 4.79. The Hall–Kier alpha value is -2.40. The van der Waals surface area contributed by atoms with E-state index in [1.807, 2.05) is 0 Å². The largest absolute Gasteiger partial charge is 0.454 e. The maximum absolute atomic E-state index is 11.8. The molecule has 1 atom stereocenters. The van der Waals surface area contributed by atoms with Crippen LogP contribution in [0.25, 0.3) is 0 Å². The Labute approximate surface area is 137 Å². The molecule has 0 saturated heterocycles. The van der Waals surface area contributed by atoms with Gasteiger partial charge in [0.2, 0.25) is 0 Å². The van der Waals surface area contributed by atoms with E-state index < -0.39 is 24.0 Å². The Morgan fingerprint density at radius 2 is 2.22 bits per heavy atom. The van der Waals surface area contributed by atoms with E-state index in [2.05, 4.69) is 16.7 Å². The van der Waals surface area contributed by atoms with Crippen molar-refractivity contribution in [1.82, 2.24) is 10.6 Å². The molecule has 1 fully saturated rings. The van der Waals surface area contributed by atoms with Crippen molar-refractivity contribution in [3.8, 4) is 6.07 Å². The fraction of sp³-hybridized carbons (Fsp3) is 0.467. The molecule has 1 heterocycles. The molecule has 2 N–H and O–H groups in total. The van der Waals surface area contributed by atoms with Crippen molar-refractivity contribution < 1.29 is 19.1 Å². The van der Waals surface area contributed by atoms with Crippen LogP contribution in [0.2, 0.25) is 0 Å². The summed E-state index contributed by atoms with van der Waals surface area (Å²) in [6.45, 7) is 0.867. The Kier molecular flexibility index (Phi) is 5.34. The molecule has 0 aromatic carbocycles. The second kappa shape index (κ2) is 7.24. The number of nitriles is 1. The highest BCUT2D eigenvalue weighted by Gasteiger charge is 2.43. The Morgan fingerprint density at radius 3 is 2.78 bits per heavy atom. The fourth-order valence-electron chi connectivity index (χ4n) is 2.05. The molecule has 7 nitrogen and oxygen atoms in total. The molecule has 122 valence electrons. The Morgan fingerprint density at radius 1 is 1.48 bits per heavy atom. The lowest BCUT2D eigenvalue weighted by atomic mass is 9.98. The third kappa shape index (κ3) is 4.79. The molecule has 0 spiro atoms. The van der Waals surface area contributed by atoms with Gasteiger partial charge in [0, 0.05) is 0 Å². The van der Waals surface area contributed by atoms with E-state index in [4.69, 9.17) is 10.00 Å². The maximum Gasteiger partial charge on any atom is 0.325 e. The van der Waals surface area contributed by atoms with E-state index in [1.54, 1.807) is 24.4 Å². The molecular weight excluding hydrogens is 318 g/mol. The minimum absolute atomic E-state index is 0.150. The van der Waals surface area contributed by atoms with Crippen molar-refractivity contribution in [1.29, 1.82) is 5.26 Å². The van der Waals surface area contributed by atoms with Gasteiger partial charge in [0.05, 0.1) is 10.9 Å². The molecule has 0 aliphatic heterocycles. The lowest BCUT2D eigenvalue weighted by Crippen LogP contribution is -2.48. The number of thiophene rings is 1. The second-order valence-electron chi connectivity index (χ2n) is 5.46. The Bertz CT molecular complexity index is 634. The highest BCUT2D eigenvalue weighted by molar-refractivity contribution is 7.12. The van der Waals surface area contributed by atoms with E-state index in [-0.39, 0.29) is 18.4 Å². The molecule has 1 aliphatic carbocycles. The van der Waals surface area contributed by atoms with Gasteiger partial charge >= 0.3 is 5.97 Å². The van der Waals surface area contributed by atoms with Crippen LogP contribution in [0.5, 0.6) is 0 Å². The Balaban J connectivity index is 1.69. The van der Waals surface area contributed by atoms with Gasteiger partial charge in [-0.15, -0.1) is 11.3 Å². The van der Waals surface area contributed by atoms with Crippen LogP contribution in [0.1, 0.15) is 29.4 Å². The van der Waals surface area contributed by atoms with E-state index in [9.17, 15) is 14.4 Å². The van der Waals surface area contributed by atoms with Crippen LogP contribution in [0.15, 0.2) is 17.5 Å². The number of amides is 2. The van der Waals surface area contributed by atoms with E-state index in [1.165, 1.54) is 11.3 Å². The molecule has 2 amide bonds. The van der Waals surface area contributed by atoms with Gasteiger partial charge in [-0.05, 0) is 37.1 Å². The van der Waals surface area contributed by atoms with Crippen molar-refractivity contribution in [2.24, 2.45) is 5.92 Å². The average molecular weight is 335 g/mol. The first-order chi connectivity index (χ1) is 10.9. The van der Waals surface area contributed by atoms with E-state index in [0.29, 0.717) is 4.88 Å². The molecule has 1 aliphatic rings. The summed E-state index contributed by atoms with van der Waals surface area (Å²) in [6.07, 6.45) is 1.80. The first-order valence-corrected chi connectivity index (χ1v) is 8.02. The lowest BCUT2D eigenvalue weighted by molar-refractivity contribution is -0.147. The van der Waals surface area contributed by atoms with Gasteiger partial charge in [-0.1, -0.05) is 6.07 Å². The maximum atomic E-state index is 11.8. The third-order valence-corrected chi connectivity index (χ3v) is 4.40. The highest BCUT2D eigenvalue weighted by Crippen LogP contribution is 2.39. The monoisotopic (exact) mass is 335 g/mol. The van der Waals surface area contributed by atoms with Crippen LogP contribution in [0.3, 0.4) is 0 Å². The van der Waals surface area contributed by atoms with Gasteiger partial charge in [-0.3, -0.25) is 14.4 Å². The summed E-state index contributed by atoms with van der Waals surface area (Å²) in [5.41, 5.74) is -0.920. The summed E-state index contributed by atoms with van der Waals surface area (Å²) in [7, 11) is 0. The predicted octanol–water partition coefficient (Wildman–Crippen LogP) is 0.830. The number of carbonyl (C=O) groups excluding carboxylic acids is 3. The number of carbonyl (C=O) groups is 3. The molecule has 0 unspecified atom stereocenters. The second-order valence-corrected chi connectivity index (χ2v) is 6.40. The van der Waals surface area contributed by atoms with Gasteiger partial charge in [0.25, 0.3) is 11.8 Å². The van der Waals surface area contributed by atoms with Crippen molar-refractivity contribution in [3.63, 3.8) is 0 Å². The van der Waals surface area contributed by atoms with E-state index in [0.717, 1.165) is 12.8 Å².